The van der Waals surface area contributed by atoms with Crippen LogP contribution in [0.2, 0.25) is 0 Å². The zero-order chi connectivity index (χ0) is 16.2. The van der Waals surface area contributed by atoms with E-state index in [1.165, 1.54) is 17.6 Å². The Hall–Kier alpha value is -2.05. The Morgan fingerprint density at radius 1 is 1.26 bits per heavy atom. The van der Waals surface area contributed by atoms with Gasteiger partial charge in [-0.15, -0.1) is 11.3 Å². The van der Waals surface area contributed by atoms with E-state index < -0.39 is 0 Å². The van der Waals surface area contributed by atoms with Crippen molar-refractivity contribution in [3.63, 3.8) is 0 Å². The second-order valence-corrected chi connectivity index (χ2v) is 6.64. The van der Waals surface area contributed by atoms with E-state index in [0.717, 1.165) is 16.8 Å². The molecule has 0 atom stereocenters. The molecule has 0 radical (unpaired) electrons. The molecule has 0 amide bonds. The fraction of sp³-hybridized carbons (Fsp3) is 0.0588. The topological polar surface area (TPSA) is 37.3 Å². The normalized spacial score (nSPS) is 11.1. The summed E-state index contributed by atoms with van der Waals surface area (Å²) in [5.41, 5.74) is 6.16. The van der Waals surface area contributed by atoms with Crippen LogP contribution in [0.3, 0.4) is 0 Å². The minimum absolute atomic E-state index is 0.328. The number of hydrogen-bond acceptors (Lipinski definition) is 4. The summed E-state index contributed by atoms with van der Waals surface area (Å²) >= 11 is 4.65. The quantitative estimate of drug-likeness (QED) is 0.474. The summed E-state index contributed by atoms with van der Waals surface area (Å²) in [7, 11) is 0. The highest BCUT2D eigenvalue weighted by atomic mass is 79.9. The number of anilines is 1. The van der Waals surface area contributed by atoms with E-state index >= 15 is 0 Å². The van der Waals surface area contributed by atoms with Gasteiger partial charge in [-0.1, -0.05) is 30.3 Å². The molecule has 0 bridgehead atoms. The lowest BCUT2D eigenvalue weighted by atomic mass is 10.1. The van der Waals surface area contributed by atoms with Crippen LogP contribution >= 0.6 is 27.3 Å². The van der Waals surface area contributed by atoms with Gasteiger partial charge < -0.3 is 0 Å². The molecule has 0 aliphatic carbocycles. The third-order valence-corrected chi connectivity index (χ3v) is 4.46. The molecule has 0 saturated carbocycles. The number of aryl methyl sites for hydroxylation is 1. The standard InChI is InChI=1S/C17H13BrFN3S/c1-11-7-13(16(19)14(18)8-11)9-20-22-17-21-15(10-23-17)12-5-3-2-4-6-12/h2-10H,1H3,(H,21,22). The van der Waals surface area contributed by atoms with Crippen LogP contribution in [-0.2, 0) is 0 Å². The Morgan fingerprint density at radius 3 is 2.83 bits per heavy atom. The van der Waals surface area contributed by atoms with Crippen LogP contribution in [0.1, 0.15) is 11.1 Å². The number of rotatable bonds is 4. The lowest BCUT2D eigenvalue weighted by Gasteiger charge is -2.01. The summed E-state index contributed by atoms with van der Waals surface area (Å²) in [6.45, 7) is 1.90. The van der Waals surface area contributed by atoms with Gasteiger partial charge in [-0.3, -0.25) is 5.43 Å². The molecule has 23 heavy (non-hydrogen) atoms. The van der Waals surface area contributed by atoms with Crippen molar-refractivity contribution in [3.05, 3.63) is 69.3 Å². The van der Waals surface area contributed by atoms with Gasteiger partial charge in [0.15, 0.2) is 0 Å². The molecular formula is C17H13BrFN3S. The van der Waals surface area contributed by atoms with E-state index in [1.54, 1.807) is 12.1 Å². The van der Waals surface area contributed by atoms with Crippen molar-refractivity contribution in [2.24, 2.45) is 5.10 Å². The van der Waals surface area contributed by atoms with Gasteiger partial charge in [0, 0.05) is 16.5 Å². The van der Waals surface area contributed by atoms with E-state index in [-0.39, 0.29) is 5.82 Å². The summed E-state index contributed by atoms with van der Waals surface area (Å²) in [6, 6.07) is 13.4. The molecule has 3 nitrogen and oxygen atoms in total. The number of benzene rings is 2. The first-order valence-electron chi connectivity index (χ1n) is 6.89. The van der Waals surface area contributed by atoms with Crippen molar-refractivity contribution in [1.82, 2.24) is 4.98 Å². The lowest BCUT2D eigenvalue weighted by Crippen LogP contribution is -1.95. The smallest absolute Gasteiger partial charge is 0.203 e. The first-order chi connectivity index (χ1) is 11.1. The first-order valence-corrected chi connectivity index (χ1v) is 8.56. The maximum absolute atomic E-state index is 14.0. The van der Waals surface area contributed by atoms with Crippen molar-refractivity contribution in [2.45, 2.75) is 6.92 Å². The summed E-state index contributed by atoms with van der Waals surface area (Å²) < 4.78 is 14.4. The molecule has 3 aromatic rings. The first kappa shape index (κ1) is 15.8. The average molecular weight is 390 g/mol. The lowest BCUT2D eigenvalue weighted by molar-refractivity contribution is 0.618. The van der Waals surface area contributed by atoms with Crippen molar-refractivity contribution >= 4 is 38.6 Å². The molecule has 2 aromatic carbocycles. The number of nitrogens with one attached hydrogen (secondary N) is 1. The van der Waals surface area contributed by atoms with Gasteiger partial charge in [0.1, 0.15) is 5.82 Å². The zero-order valence-corrected chi connectivity index (χ0v) is 14.7. The van der Waals surface area contributed by atoms with Crippen molar-refractivity contribution < 1.29 is 4.39 Å². The molecule has 1 N–H and O–H groups in total. The Morgan fingerprint density at radius 2 is 2.04 bits per heavy atom. The van der Waals surface area contributed by atoms with E-state index in [9.17, 15) is 4.39 Å². The predicted molar refractivity (Wildman–Crippen MR) is 97.6 cm³/mol. The Labute approximate surface area is 146 Å². The monoisotopic (exact) mass is 389 g/mol. The third kappa shape index (κ3) is 3.83. The van der Waals surface area contributed by atoms with Gasteiger partial charge in [-0.05, 0) is 40.5 Å². The Balaban J connectivity index is 1.73. The van der Waals surface area contributed by atoms with Crippen LogP contribution in [0.25, 0.3) is 11.3 Å². The average Bonchev–Trinajstić information content (AvgIpc) is 3.02. The minimum atomic E-state index is -0.328. The largest absolute Gasteiger partial charge is 0.253 e. The van der Waals surface area contributed by atoms with E-state index in [2.05, 4.69) is 31.4 Å². The van der Waals surface area contributed by atoms with Gasteiger partial charge >= 0.3 is 0 Å². The SMILES string of the molecule is Cc1cc(Br)c(F)c(C=NNc2nc(-c3ccccc3)cs2)c1. The summed E-state index contributed by atoms with van der Waals surface area (Å²) in [4.78, 5) is 4.46. The highest BCUT2D eigenvalue weighted by Gasteiger charge is 2.06. The number of halogens is 2. The number of nitrogens with zero attached hydrogens (tertiary/aromatic N) is 2. The van der Waals surface area contributed by atoms with Gasteiger partial charge in [0.05, 0.1) is 16.4 Å². The highest BCUT2D eigenvalue weighted by molar-refractivity contribution is 9.10. The third-order valence-electron chi connectivity index (χ3n) is 3.14. The number of thiazole rings is 1. The zero-order valence-electron chi connectivity index (χ0n) is 12.3. The number of hydrogen-bond donors (Lipinski definition) is 1. The fourth-order valence-electron chi connectivity index (χ4n) is 2.07. The Kier molecular flexibility index (Phi) is 4.83. The van der Waals surface area contributed by atoms with Crippen LogP contribution < -0.4 is 5.43 Å². The summed E-state index contributed by atoms with van der Waals surface area (Å²) in [6.07, 6.45) is 1.46. The molecule has 0 aliphatic rings. The van der Waals surface area contributed by atoms with Crippen molar-refractivity contribution in [2.75, 3.05) is 5.43 Å². The predicted octanol–water partition coefficient (Wildman–Crippen LogP) is 5.47. The van der Waals surface area contributed by atoms with Crippen molar-refractivity contribution in [3.8, 4) is 11.3 Å². The molecular weight excluding hydrogens is 377 g/mol. The van der Waals surface area contributed by atoms with Crippen LogP contribution in [-0.4, -0.2) is 11.2 Å². The van der Waals surface area contributed by atoms with E-state index in [0.29, 0.717) is 15.2 Å². The highest BCUT2D eigenvalue weighted by Crippen LogP contribution is 2.24. The van der Waals surface area contributed by atoms with Gasteiger partial charge in [0.2, 0.25) is 5.13 Å². The molecule has 116 valence electrons. The number of hydrazone groups is 1. The molecule has 3 rings (SSSR count). The molecule has 0 fully saturated rings. The maximum Gasteiger partial charge on any atom is 0.203 e. The van der Waals surface area contributed by atoms with Crippen LogP contribution in [0.4, 0.5) is 9.52 Å². The summed E-state index contributed by atoms with van der Waals surface area (Å²) in [5, 5.41) is 6.69. The molecule has 1 heterocycles. The van der Waals surface area contributed by atoms with Gasteiger partial charge in [-0.2, -0.15) is 5.10 Å². The molecule has 0 unspecified atom stereocenters. The molecule has 1 aromatic heterocycles. The number of aromatic nitrogens is 1. The molecule has 6 heteroatoms. The van der Waals surface area contributed by atoms with Crippen LogP contribution in [0.5, 0.6) is 0 Å². The molecule has 0 aliphatic heterocycles. The minimum Gasteiger partial charge on any atom is -0.253 e. The summed E-state index contributed by atoms with van der Waals surface area (Å²) in [5.74, 6) is -0.328. The van der Waals surface area contributed by atoms with Crippen molar-refractivity contribution in [1.29, 1.82) is 0 Å². The van der Waals surface area contributed by atoms with Gasteiger partial charge in [-0.25, -0.2) is 9.37 Å². The second-order valence-electron chi connectivity index (χ2n) is 4.92. The van der Waals surface area contributed by atoms with E-state index in [1.807, 2.05) is 42.6 Å². The maximum atomic E-state index is 14.0. The molecule has 0 spiro atoms. The fourth-order valence-corrected chi connectivity index (χ4v) is 3.33. The van der Waals surface area contributed by atoms with Crippen LogP contribution in [0.15, 0.2) is 57.4 Å². The van der Waals surface area contributed by atoms with Crippen LogP contribution in [0, 0.1) is 12.7 Å². The second kappa shape index (κ2) is 7.02. The van der Waals surface area contributed by atoms with Gasteiger partial charge in [0.25, 0.3) is 0 Å². The molecule has 0 saturated heterocycles. The Bertz CT molecular complexity index is 846. The van der Waals surface area contributed by atoms with E-state index in [4.69, 9.17) is 0 Å².